The highest BCUT2D eigenvalue weighted by molar-refractivity contribution is 6.06. The van der Waals surface area contributed by atoms with Crippen molar-refractivity contribution in [1.82, 2.24) is 9.55 Å². The van der Waals surface area contributed by atoms with Crippen LogP contribution >= 0.6 is 0 Å². The summed E-state index contributed by atoms with van der Waals surface area (Å²) in [5.74, 6) is -0.678. The number of esters is 1. The number of Topliss-reactive ketones (excluding diaryl/α,β-unsaturated/α-hetero) is 1. The number of hydrogen-bond donors (Lipinski definition) is 0. The first-order chi connectivity index (χ1) is 14.9. The molecule has 0 atom stereocenters. The van der Waals surface area contributed by atoms with E-state index >= 15 is 0 Å². The van der Waals surface area contributed by atoms with E-state index in [4.69, 9.17) is 9.72 Å². The molecule has 3 aromatic rings. The smallest absolute Gasteiger partial charge is 0.339 e. The Hall–Kier alpha value is -3.21. The molecule has 0 spiro atoms. The number of nitrogens with zero attached hydrogens (tertiary/aromatic N) is 2. The first-order valence-electron chi connectivity index (χ1n) is 10.8. The third-order valence-electron chi connectivity index (χ3n) is 5.64. The minimum absolute atomic E-state index is 0.207. The number of fused-ring (bicyclic) bond motifs is 1. The maximum atomic E-state index is 13.2. The van der Waals surface area contributed by atoms with Crippen LogP contribution in [0, 0.1) is 13.8 Å². The molecule has 162 valence electrons. The maximum absolute atomic E-state index is 13.2. The number of carbonyl (C=O) groups excluding carboxylic acids is 2. The molecule has 31 heavy (non-hydrogen) atoms. The lowest BCUT2D eigenvalue weighted by Crippen LogP contribution is -2.18. The second-order valence-electron chi connectivity index (χ2n) is 7.72. The molecule has 0 fully saturated rings. The van der Waals surface area contributed by atoms with Crippen LogP contribution < -0.4 is 0 Å². The molecule has 0 amide bonds. The van der Waals surface area contributed by atoms with Gasteiger partial charge in [0.05, 0.1) is 11.1 Å². The molecular formula is C26H30N2O3. The number of hydrogen-bond acceptors (Lipinski definition) is 4. The number of para-hydroxylation sites is 1. The zero-order valence-electron chi connectivity index (χ0n) is 18.8. The molecule has 1 aromatic carbocycles. The SMILES string of the molecule is C=CCn1c(C)cc(C(=O)COC(=O)c2c(CC)c(CCC)nc3ccccc23)c1C. The van der Waals surface area contributed by atoms with Crippen molar-refractivity contribution < 1.29 is 14.3 Å². The van der Waals surface area contributed by atoms with Crippen LogP contribution in [0.5, 0.6) is 0 Å². The lowest BCUT2D eigenvalue weighted by molar-refractivity contribution is 0.0475. The van der Waals surface area contributed by atoms with Crippen LogP contribution in [-0.4, -0.2) is 27.9 Å². The fourth-order valence-electron chi connectivity index (χ4n) is 4.13. The van der Waals surface area contributed by atoms with Crippen LogP contribution in [0.4, 0.5) is 0 Å². The lowest BCUT2D eigenvalue weighted by atomic mass is 9.96. The Balaban J connectivity index is 1.91. The molecule has 0 aliphatic heterocycles. The normalized spacial score (nSPS) is 11.0. The first kappa shape index (κ1) is 22.5. The average molecular weight is 419 g/mol. The second kappa shape index (κ2) is 9.73. The predicted molar refractivity (Wildman–Crippen MR) is 124 cm³/mol. The summed E-state index contributed by atoms with van der Waals surface area (Å²) in [5.41, 5.74) is 5.54. The van der Waals surface area contributed by atoms with Crippen molar-refractivity contribution in [3.8, 4) is 0 Å². The van der Waals surface area contributed by atoms with Crippen LogP contribution in [0.25, 0.3) is 10.9 Å². The number of aryl methyl sites for hydroxylation is 2. The van der Waals surface area contributed by atoms with Gasteiger partial charge >= 0.3 is 5.97 Å². The van der Waals surface area contributed by atoms with Crippen molar-refractivity contribution in [2.24, 2.45) is 0 Å². The van der Waals surface area contributed by atoms with Gasteiger partial charge in [0.25, 0.3) is 0 Å². The summed E-state index contributed by atoms with van der Waals surface area (Å²) in [5, 5.41) is 0.765. The zero-order chi connectivity index (χ0) is 22.5. The van der Waals surface area contributed by atoms with E-state index in [1.54, 1.807) is 6.08 Å². The molecule has 0 aliphatic carbocycles. The van der Waals surface area contributed by atoms with E-state index in [1.165, 1.54) is 0 Å². The van der Waals surface area contributed by atoms with Gasteiger partial charge in [0.2, 0.25) is 5.78 Å². The Morgan fingerprint density at radius 1 is 1.19 bits per heavy atom. The summed E-state index contributed by atoms with van der Waals surface area (Å²) in [6.07, 6.45) is 4.20. The number of aromatic nitrogens is 2. The number of pyridine rings is 1. The predicted octanol–water partition coefficient (Wildman–Crippen LogP) is 5.39. The van der Waals surface area contributed by atoms with E-state index in [0.717, 1.165) is 46.4 Å². The molecule has 0 unspecified atom stereocenters. The third kappa shape index (κ3) is 4.46. The topological polar surface area (TPSA) is 61.2 Å². The highest BCUT2D eigenvalue weighted by Crippen LogP contribution is 2.26. The quantitative estimate of drug-likeness (QED) is 0.265. The summed E-state index contributed by atoms with van der Waals surface area (Å²) in [6.45, 7) is 12.1. The Bertz CT molecular complexity index is 1140. The van der Waals surface area contributed by atoms with Gasteiger partial charge in [-0.3, -0.25) is 9.78 Å². The molecule has 5 heteroatoms. The molecule has 0 N–H and O–H groups in total. The number of ether oxygens (including phenoxy) is 1. The molecule has 0 saturated heterocycles. The zero-order valence-corrected chi connectivity index (χ0v) is 18.8. The van der Waals surface area contributed by atoms with Gasteiger partial charge in [0, 0.05) is 34.6 Å². The van der Waals surface area contributed by atoms with Gasteiger partial charge in [-0.2, -0.15) is 0 Å². The Labute approximate surface area is 183 Å². The average Bonchev–Trinajstić information content (AvgIpc) is 3.05. The van der Waals surface area contributed by atoms with Crippen LogP contribution in [-0.2, 0) is 24.1 Å². The Morgan fingerprint density at radius 2 is 1.94 bits per heavy atom. The third-order valence-corrected chi connectivity index (χ3v) is 5.64. The molecule has 5 nitrogen and oxygen atoms in total. The second-order valence-corrected chi connectivity index (χ2v) is 7.72. The van der Waals surface area contributed by atoms with Crippen LogP contribution in [0.3, 0.4) is 0 Å². The number of ketones is 1. The largest absolute Gasteiger partial charge is 0.454 e. The number of carbonyl (C=O) groups is 2. The highest BCUT2D eigenvalue weighted by Gasteiger charge is 2.22. The van der Waals surface area contributed by atoms with E-state index < -0.39 is 5.97 Å². The van der Waals surface area contributed by atoms with Crippen LogP contribution in [0.1, 0.15) is 63.6 Å². The van der Waals surface area contributed by atoms with Gasteiger partial charge in [-0.1, -0.05) is 44.5 Å². The van der Waals surface area contributed by atoms with Gasteiger partial charge in [0.15, 0.2) is 6.61 Å². The Kier molecular flexibility index (Phi) is 7.06. The molecule has 2 heterocycles. The van der Waals surface area contributed by atoms with E-state index in [2.05, 4.69) is 13.5 Å². The van der Waals surface area contributed by atoms with Crippen LogP contribution in [0.2, 0.25) is 0 Å². The molecular weight excluding hydrogens is 388 g/mol. The van der Waals surface area contributed by atoms with Gasteiger partial charge < -0.3 is 9.30 Å². The lowest BCUT2D eigenvalue weighted by Gasteiger charge is -2.15. The van der Waals surface area contributed by atoms with Crippen molar-refractivity contribution in [3.05, 3.63) is 76.8 Å². The van der Waals surface area contributed by atoms with Crippen molar-refractivity contribution >= 4 is 22.7 Å². The van der Waals surface area contributed by atoms with Crippen molar-refractivity contribution in [2.45, 2.75) is 53.5 Å². The van der Waals surface area contributed by atoms with Gasteiger partial charge in [-0.05, 0) is 44.4 Å². The van der Waals surface area contributed by atoms with E-state index in [0.29, 0.717) is 24.1 Å². The minimum atomic E-state index is -0.471. The molecule has 0 saturated carbocycles. The number of allylic oxidation sites excluding steroid dienone is 1. The summed E-state index contributed by atoms with van der Waals surface area (Å²) in [4.78, 5) is 30.8. The van der Waals surface area contributed by atoms with Gasteiger partial charge in [-0.15, -0.1) is 6.58 Å². The summed E-state index contributed by atoms with van der Waals surface area (Å²) >= 11 is 0. The van der Waals surface area contributed by atoms with Crippen LogP contribution in [0.15, 0.2) is 43.0 Å². The van der Waals surface area contributed by atoms with Crippen molar-refractivity contribution in [3.63, 3.8) is 0 Å². The highest BCUT2D eigenvalue weighted by atomic mass is 16.5. The van der Waals surface area contributed by atoms with E-state index in [1.807, 2.05) is 55.7 Å². The standard InChI is InChI=1S/C26H30N2O3/c1-6-11-22-19(8-3)25(20-12-9-10-13-23(20)27-22)26(30)31-16-24(29)21-15-17(4)28(14-7-2)18(21)5/h7,9-10,12-13,15H,2,6,8,11,14,16H2,1,3-5H3. The van der Waals surface area contributed by atoms with Crippen molar-refractivity contribution in [2.75, 3.05) is 6.61 Å². The fraction of sp³-hybridized carbons (Fsp3) is 0.346. The van der Waals surface area contributed by atoms with Gasteiger partial charge in [0.1, 0.15) is 0 Å². The molecule has 0 bridgehead atoms. The maximum Gasteiger partial charge on any atom is 0.339 e. The summed E-state index contributed by atoms with van der Waals surface area (Å²) in [6, 6.07) is 9.43. The summed E-state index contributed by atoms with van der Waals surface area (Å²) in [7, 11) is 0. The van der Waals surface area contributed by atoms with E-state index in [9.17, 15) is 9.59 Å². The fourth-order valence-corrected chi connectivity index (χ4v) is 4.13. The van der Waals surface area contributed by atoms with Crippen molar-refractivity contribution in [1.29, 1.82) is 0 Å². The molecule has 0 radical (unpaired) electrons. The number of benzene rings is 1. The Morgan fingerprint density at radius 3 is 2.61 bits per heavy atom. The minimum Gasteiger partial charge on any atom is -0.454 e. The molecule has 3 rings (SSSR count). The summed E-state index contributed by atoms with van der Waals surface area (Å²) < 4.78 is 7.56. The van der Waals surface area contributed by atoms with Gasteiger partial charge in [-0.25, -0.2) is 4.79 Å². The molecule has 2 aromatic heterocycles. The number of rotatable bonds is 9. The monoisotopic (exact) mass is 418 g/mol. The van der Waals surface area contributed by atoms with E-state index in [-0.39, 0.29) is 12.4 Å². The first-order valence-corrected chi connectivity index (χ1v) is 10.8. The molecule has 0 aliphatic rings.